The Morgan fingerprint density at radius 3 is 2.42 bits per heavy atom. The number of benzene rings is 2. The van der Waals surface area contributed by atoms with Crippen molar-refractivity contribution in [2.24, 2.45) is 0 Å². The zero-order valence-electron chi connectivity index (χ0n) is 20.8. The number of likely N-dealkylation sites (tertiary alicyclic amines) is 1. The summed E-state index contributed by atoms with van der Waals surface area (Å²) in [7, 11) is 0. The molecule has 1 unspecified atom stereocenters. The van der Waals surface area contributed by atoms with E-state index in [1.165, 1.54) is 0 Å². The van der Waals surface area contributed by atoms with Crippen molar-refractivity contribution in [1.29, 1.82) is 0 Å². The maximum atomic E-state index is 13.1. The van der Waals surface area contributed by atoms with Crippen molar-refractivity contribution < 1.29 is 24.3 Å². The van der Waals surface area contributed by atoms with E-state index < -0.39 is 12.0 Å². The van der Waals surface area contributed by atoms with Gasteiger partial charge in [0.2, 0.25) is 11.8 Å². The van der Waals surface area contributed by atoms with Gasteiger partial charge in [-0.15, -0.1) is 0 Å². The van der Waals surface area contributed by atoms with Crippen molar-refractivity contribution in [3.63, 3.8) is 0 Å². The molecule has 192 valence electrons. The average molecular weight is 495 g/mol. The third-order valence-electron chi connectivity index (χ3n) is 6.33. The molecule has 0 radical (unpaired) electrons. The van der Waals surface area contributed by atoms with E-state index in [-0.39, 0.29) is 36.7 Å². The van der Waals surface area contributed by atoms with E-state index >= 15 is 0 Å². The van der Waals surface area contributed by atoms with Gasteiger partial charge < -0.3 is 26.0 Å². The lowest BCUT2D eigenvalue weighted by Crippen LogP contribution is -2.53. The molecule has 1 aliphatic rings. The second-order valence-corrected chi connectivity index (χ2v) is 9.08. The van der Waals surface area contributed by atoms with Gasteiger partial charge in [-0.25, -0.2) is 4.79 Å². The summed E-state index contributed by atoms with van der Waals surface area (Å²) in [6.45, 7) is 4.24. The minimum absolute atomic E-state index is 0.0814. The molecular formula is C27H34N4O5. The number of hydrogen-bond acceptors (Lipinski definition) is 4. The quantitative estimate of drug-likeness (QED) is 0.420. The summed E-state index contributed by atoms with van der Waals surface area (Å²) in [6.07, 6.45) is 2.79. The first-order valence-electron chi connectivity index (χ1n) is 12.3. The number of nitrogens with zero attached hydrogens (tertiary/aromatic N) is 1. The van der Waals surface area contributed by atoms with Crippen LogP contribution in [0, 0.1) is 6.92 Å². The number of carbonyl (C=O) groups is 4. The number of anilines is 2. The van der Waals surface area contributed by atoms with Crippen molar-refractivity contribution in [1.82, 2.24) is 10.2 Å². The van der Waals surface area contributed by atoms with E-state index in [1.54, 1.807) is 29.2 Å². The summed E-state index contributed by atoms with van der Waals surface area (Å²) in [5.74, 6) is -1.45. The highest BCUT2D eigenvalue weighted by Gasteiger charge is 2.32. The molecule has 2 aromatic carbocycles. The number of carboxylic acid groups (broad SMARTS) is 1. The molecule has 36 heavy (non-hydrogen) atoms. The van der Waals surface area contributed by atoms with Gasteiger partial charge in [0.05, 0.1) is 12.8 Å². The predicted molar refractivity (Wildman–Crippen MR) is 138 cm³/mol. The number of urea groups is 1. The summed E-state index contributed by atoms with van der Waals surface area (Å²) >= 11 is 0. The number of carboxylic acids is 1. The molecule has 1 fully saturated rings. The monoisotopic (exact) mass is 494 g/mol. The molecule has 4 N–H and O–H groups in total. The summed E-state index contributed by atoms with van der Waals surface area (Å²) < 4.78 is 0. The van der Waals surface area contributed by atoms with E-state index in [9.17, 15) is 24.3 Å². The molecule has 9 heteroatoms. The summed E-state index contributed by atoms with van der Waals surface area (Å²) in [4.78, 5) is 50.8. The highest BCUT2D eigenvalue weighted by Crippen LogP contribution is 2.21. The van der Waals surface area contributed by atoms with Crippen LogP contribution in [-0.2, 0) is 20.8 Å². The topological polar surface area (TPSA) is 128 Å². The van der Waals surface area contributed by atoms with Gasteiger partial charge in [-0.1, -0.05) is 37.3 Å². The van der Waals surface area contributed by atoms with Crippen molar-refractivity contribution >= 4 is 35.2 Å². The Kier molecular flexibility index (Phi) is 9.44. The van der Waals surface area contributed by atoms with Crippen LogP contribution < -0.4 is 16.0 Å². The number of hydrogen-bond donors (Lipinski definition) is 4. The van der Waals surface area contributed by atoms with E-state index in [0.29, 0.717) is 25.1 Å². The first-order valence-corrected chi connectivity index (χ1v) is 12.3. The highest BCUT2D eigenvalue weighted by atomic mass is 16.4. The largest absolute Gasteiger partial charge is 0.481 e. The smallest absolute Gasteiger partial charge is 0.323 e. The van der Waals surface area contributed by atoms with Crippen LogP contribution in [0.15, 0.2) is 48.5 Å². The molecule has 0 saturated carbocycles. The third kappa shape index (κ3) is 7.56. The van der Waals surface area contributed by atoms with Crippen molar-refractivity contribution in [3.05, 3.63) is 59.7 Å². The predicted octanol–water partition coefficient (Wildman–Crippen LogP) is 3.93. The van der Waals surface area contributed by atoms with Gasteiger partial charge in [-0.05, 0) is 61.9 Å². The Labute approximate surface area is 211 Å². The molecule has 0 bridgehead atoms. The maximum absolute atomic E-state index is 13.1. The van der Waals surface area contributed by atoms with Crippen molar-refractivity contribution in [3.8, 4) is 0 Å². The average Bonchev–Trinajstić information content (AvgIpc) is 2.85. The number of piperidine rings is 1. The fourth-order valence-electron chi connectivity index (χ4n) is 4.38. The van der Waals surface area contributed by atoms with Crippen LogP contribution in [0.4, 0.5) is 16.2 Å². The lowest BCUT2D eigenvalue weighted by Gasteiger charge is -2.37. The molecule has 9 nitrogen and oxygen atoms in total. The molecule has 2 atom stereocenters. The number of rotatable bonds is 9. The SMILES string of the molecule is CCC(NC(=O)Cc1ccc(NC(=O)Nc2ccccc2C)cc1)C(=O)N1CCCC[C@@H]1CC(=O)O. The Balaban J connectivity index is 1.53. The molecule has 2 aromatic rings. The second-order valence-electron chi connectivity index (χ2n) is 9.08. The normalized spacial score (nSPS) is 16.1. The number of aryl methyl sites for hydroxylation is 1. The lowest BCUT2D eigenvalue weighted by molar-refractivity contribution is -0.144. The minimum atomic E-state index is -0.928. The van der Waals surface area contributed by atoms with E-state index in [2.05, 4.69) is 16.0 Å². The number of aliphatic carboxylic acids is 1. The standard InChI is InChI=1S/C27H34N4O5/c1-3-22(26(35)31-15-7-6-9-21(31)17-25(33)34)29-24(32)16-19-11-13-20(14-12-19)28-27(36)30-23-10-5-4-8-18(23)2/h4-5,8,10-14,21-22H,3,6-7,9,15-17H2,1-2H3,(H,29,32)(H,33,34)(H2,28,30,36)/t21-,22?/m1/s1. The molecule has 0 aromatic heterocycles. The third-order valence-corrected chi connectivity index (χ3v) is 6.33. The first kappa shape index (κ1) is 26.7. The summed E-state index contributed by atoms with van der Waals surface area (Å²) in [5.41, 5.74) is 3.00. The van der Waals surface area contributed by atoms with Crippen molar-refractivity contribution in [2.75, 3.05) is 17.2 Å². The van der Waals surface area contributed by atoms with E-state index in [1.807, 2.05) is 38.1 Å². The van der Waals surface area contributed by atoms with Gasteiger partial charge >= 0.3 is 12.0 Å². The summed E-state index contributed by atoms with van der Waals surface area (Å²) in [6, 6.07) is 13.0. The summed E-state index contributed by atoms with van der Waals surface area (Å²) in [5, 5.41) is 17.6. The minimum Gasteiger partial charge on any atom is -0.481 e. The number of para-hydroxylation sites is 1. The van der Waals surface area contributed by atoms with E-state index in [4.69, 9.17) is 0 Å². The van der Waals surface area contributed by atoms with Gasteiger partial charge in [0.15, 0.2) is 0 Å². The zero-order chi connectivity index (χ0) is 26.1. The lowest BCUT2D eigenvalue weighted by atomic mass is 9.98. The number of nitrogens with one attached hydrogen (secondary N) is 3. The van der Waals surface area contributed by atoms with Crippen LogP contribution in [0.2, 0.25) is 0 Å². The fourth-order valence-corrected chi connectivity index (χ4v) is 4.38. The molecule has 0 aliphatic carbocycles. The second kappa shape index (κ2) is 12.7. The Bertz CT molecular complexity index is 1090. The molecule has 1 aliphatic heterocycles. The first-order chi connectivity index (χ1) is 17.3. The molecule has 4 amide bonds. The molecule has 3 rings (SSSR count). The van der Waals surface area contributed by atoms with Crippen LogP contribution in [0.1, 0.15) is 50.2 Å². The van der Waals surface area contributed by atoms with Crippen LogP contribution in [-0.4, -0.2) is 52.4 Å². The number of carbonyl (C=O) groups excluding carboxylic acids is 3. The van der Waals surface area contributed by atoms with Gasteiger partial charge in [0.1, 0.15) is 6.04 Å². The highest BCUT2D eigenvalue weighted by molar-refractivity contribution is 6.00. The molecule has 1 heterocycles. The van der Waals surface area contributed by atoms with Gasteiger partial charge in [0.25, 0.3) is 0 Å². The van der Waals surface area contributed by atoms with Crippen molar-refractivity contribution in [2.45, 2.75) is 64.5 Å². The number of amides is 4. The van der Waals surface area contributed by atoms with Gasteiger partial charge in [0, 0.05) is 24.0 Å². The van der Waals surface area contributed by atoms with Gasteiger partial charge in [-0.3, -0.25) is 14.4 Å². The fraction of sp³-hybridized carbons (Fsp3) is 0.407. The van der Waals surface area contributed by atoms with Crippen LogP contribution >= 0.6 is 0 Å². The zero-order valence-corrected chi connectivity index (χ0v) is 20.8. The molecule has 0 spiro atoms. The Hall–Kier alpha value is -3.88. The Morgan fingerprint density at radius 2 is 1.75 bits per heavy atom. The van der Waals surface area contributed by atoms with Gasteiger partial charge in [-0.2, -0.15) is 0 Å². The van der Waals surface area contributed by atoms with Crippen LogP contribution in [0.25, 0.3) is 0 Å². The van der Waals surface area contributed by atoms with E-state index in [0.717, 1.165) is 29.7 Å². The molecular weight excluding hydrogens is 460 g/mol. The molecule has 1 saturated heterocycles. The van der Waals surface area contributed by atoms with Crippen LogP contribution in [0.5, 0.6) is 0 Å². The van der Waals surface area contributed by atoms with Crippen LogP contribution in [0.3, 0.4) is 0 Å². The maximum Gasteiger partial charge on any atom is 0.323 e. The Morgan fingerprint density at radius 1 is 1.03 bits per heavy atom.